The maximum atomic E-state index is 10.0. The third-order valence-corrected chi connectivity index (χ3v) is 3.72. The summed E-state index contributed by atoms with van der Waals surface area (Å²) in [6, 6.07) is 8.45. The topological polar surface area (TPSA) is 80.5 Å². The average molecular weight is 307 g/mol. The van der Waals surface area contributed by atoms with Crippen molar-refractivity contribution in [2.75, 3.05) is 6.61 Å². The monoisotopic (exact) mass is 307 g/mol. The van der Waals surface area contributed by atoms with Crippen molar-refractivity contribution >= 4 is 28.4 Å². The lowest BCUT2D eigenvalue weighted by Gasteiger charge is -2.16. The normalized spacial score (nSPS) is 19.8. The van der Waals surface area contributed by atoms with Gasteiger partial charge in [0.05, 0.1) is 18.1 Å². The predicted molar refractivity (Wildman–Crippen MR) is 83.4 cm³/mol. The zero-order valence-electron chi connectivity index (χ0n) is 11.8. The largest absolute Gasteiger partial charge is 0.396 e. The van der Waals surface area contributed by atoms with Crippen molar-refractivity contribution in [2.24, 2.45) is 14.0 Å². The number of benzene rings is 1. The van der Waals surface area contributed by atoms with Gasteiger partial charge in [0.25, 0.3) is 0 Å². The molecule has 6 nitrogen and oxygen atoms in total. The van der Waals surface area contributed by atoms with Gasteiger partial charge in [-0.05, 0) is 31.7 Å². The molecule has 7 heteroatoms. The van der Waals surface area contributed by atoms with Crippen molar-refractivity contribution in [1.82, 2.24) is 0 Å². The number of rotatable bonds is 2. The summed E-state index contributed by atoms with van der Waals surface area (Å²) in [5, 5.41) is 4.16. The van der Waals surface area contributed by atoms with E-state index in [1.807, 2.05) is 6.92 Å². The molecule has 1 aromatic rings. The minimum atomic E-state index is -3.41. The molecule has 0 saturated heterocycles. The Morgan fingerprint density at radius 2 is 1.90 bits per heavy atom. The van der Waals surface area contributed by atoms with Crippen molar-refractivity contribution in [1.29, 1.82) is 0 Å². The van der Waals surface area contributed by atoms with Gasteiger partial charge in [-0.15, -0.1) is 0 Å². The third kappa shape index (κ3) is 4.49. The minimum Gasteiger partial charge on any atom is -0.396 e. The highest BCUT2D eigenvalue weighted by Crippen LogP contribution is 2.21. The Balaban J connectivity index is 0.000000194. The summed E-state index contributed by atoms with van der Waals surface area (Å²) in [6.45, 7) is 2.60. The van der Waals surface area contributed by atoms with E-state index in [0.29, 0.717) is 6.61 Å². The summed E-state index contributed by atoms with van der Waals surface area (Å²) >= 11 is 0. The van der Waals surface area contributed by atoms with E-state index in [2.05, 4.69) is 38.2 Å². The molecular formula is C14H17N3O3S. The van der Waals surface area contributed by atoms with Gasteiger partial charge in [0.1, 0.15) is 6.61 Å². The Kier molecular flexibility index (Phi) is 5.21. The van der Waals surface area contributed by atoms with Gasteiger partial charge < -0.3 is 4.84 Å². The Morgan fingerprint density at radius 3 is 2.52 bits per heavy atom. The predicted octanol–water partition coefficient (Wildman–Crippen LogP) is 2.15. The molecule has 0 N–H and O–H groups in total. The number of hydrogen-bond acceptors (Lipinski definition) is 4. The summed E-state index contributed by atoms with van der Waals surface area (Å²) in [6.07, 6.45) is 5.66. The van der Waals surface area contributed by atoms with Crippen molar-refractivity contribution < 1.29 is 13.3 Å². The van der Waals surface area contributed by atoms with Gasteiger partial charge in [0, 0.05) is 5.56 Å². The highest BCUT2D eigenvalue weighted by Gasteiger charge is 2.14. The zero-order valence-corrected chi connectivity index (χ0v) is 12.6. The maximum Gasteiger partial charge on any atom is 0.363 e. The maximum absolute atomic E-state index is 10.0. The number of hydrogen-bond donors (Lipinski definition) is 0. The van der Waals surface area contributed by atoms with Gasteiger partial charge in [-0.25, -0.2) is 0 Å². The standard InChI is InChI=1S/C12H15NO.C2H2N2O2S/c1-2-14-13-12-9-5-7-10-6-3-4-8-11(10)12;5-7(6)3-1-2-4-7/h3-4,6,8H,2,5,7,9H2,1H3;1-2H. The molecule has 1 aliphatic heterocycles. The number of oxime groups is 1. The van der Waals surface area contributed by atoms with Crippen LogP contribution >= 0.6 is 0 Å². The quantitative estimate of drug-likeness (QED) is 0.785. The van der Waals surface area contributed by atoms with Crippen molar-refractivity contribution in [3.63, 3.8) is 0 Å². The van der Waals surface area contributed by atoms with Gasteiger partial charge in [0.2, 0.25) is 0 Å². The zero-order chi connectivity index (χ0) is 15.1. The lowest BCUT2D eigenvalue weighted by Crippen LogP contribution is -2.12. The summed E-state index contributed by atoms with van der Waals surface area (Å²) in [5.41, 5.74) is 3.78. The average Bonchev–Trinajstić information content (AvgIpc) is 2.90. The van der Waals surface area contributed by atoms with Crippen LogP contribution in [0, 0.1) is 0 Å². The number of fused-ring (bicyclic) bond motifs is 1. The first-order valence-electron chi connectivity index (χ1n) is 6.73. The molecule has 0 unspecified atom stereocenters. The molecule has 0 aromatic heterocycles. The molecular weight excluding hydrogens is 290 g/mol. The van der Waals surface area contributed by atoms with Crippen LogP contribution in [-0.2, 0) is 21.5 Å². The van der Waals surface area contributed by atoms with Gasteiger partial charge in [-0.2, -0.15) is 17.2 Å². The van der Waals surface area contributed by atoms with Crippen LogP contribution in [0.1, 0.15) is 30.9 Å². The molecule has 0 fully saturated rings. The molecule has 0 spiro atoms. The van der Waals surface area contributed by atoms with Crippen molar-refractivity contribution in [2.45, 2.75) is 26.2 Å². The molecule has 0 saturated carbocycles. The first kappa shape index (κ1) is 15.4. The Labute approximate surface area is 124 Å². The van der Waals surface area contributed by atoms with E-state index in [0.717, 1.165) is 24.6 Å². The second kappa shape index (κ2) is 7.12. The highest BCUT2D eigenvalue weighted by molar-refractivity contribution is 7.89. The van der Waals surface area contributed by atoms with Crippen LogP contribution < -0.4 is 0 Å². The molecule has 0 atom stereocenters. The fourth-order valence-corrected chi connectivity index (χ4v) is 2.54. The molecule has 112 valence electrons. The van der Waals surface area contributed by atoms with E-state index < -0.39 is 10.2 Å². The van der Waals surface area contributed by atoms with E-state index in [-0.39, 0.29) is 0 Å². The van der Waals surface area contributed by atoms with E-state index in [1.54, 1.807) is 0 Å². The van der Waals surface area contributed by atoms with Crippen LogP contribution in [0.15, 0.2) is 38.2 Å². The molecule has 1 aliphatic carbocycles. The summed E-state index contributed by atoms with van der Waals surface area (Å²) in [4.78, 5) is 5.12. The molecule has 0 radical (unpaired) electrons. The highest BCUT2D eigenvalue weighted by atomic mass is 32.2. The van der Waals surface area contributed by atoms with Crippen LogP contribution in [0.25, 0.3) is 0 Å². The fourth-order valence-electron chi connectivity index (χ4n) is 2.07. The van der Waals surface area contributed by atoms with Gasteiger partial charge in [-0.1, -0.05) is 29.4 Å². The number of aryl methyl sites for hydroxylation is 1. The first-order valence-corrected chi connectivity index (χ1v) is 8.13. The molecule has 1 aromatic carbocycles. The van der Waals surface area contributed by atoms with Crippen LogP contribution in [-0.4, -0.2) is 33.2 Å². The van der Waals surface area contributed by atoms with Gasteiger partial charge in [0.15, 0.2) is 0 Å². The second-order valence-electron chi connectivity index (χ2n) is 4.42. The van der Waals surface area contributed by atoms with Crippen LogP contribution in [0.5, 0.6) is 0 Å². The molecule has 0 bridgehead atoms. The van der Waals surface area contributed by atoms with Gasteiger partial charge in [-0.3, -0.25) is 0 Å². The fraction of sp³-hybridized carbons (Fsp3) is 0.357. The summed E-state index contributed by atoms with van der Waals surface area (Å²) in [7, 11) is -3.41. The van der Waals surface area contributed by atoms with E-state index >= 15 is 0 Å². The van der Waals surface area contributed by atoms with Crippen LogP contribution in [0.4, 0.5) is 0 Å². The van der Waals surface area contributed by atoms with Crippen LogP contribution in [0.2, 0.25) is 0 Å². The smallest absolute Gasteiger partial charge is 0.363 e. The minimum absolute atomic E-state index is 0.645. The Bertz CT molecular complexity index is 660. The molecule has 3 rings (SSSR count). The van der Waals surface area contributed by atoms with E-state index in [9.17, 15) is 8.42 Å². The van der Waals surface area contributed by atoms with Crippen molar-refractivity contribution in [3.05, 3.63) is 35.4 Å². The summed E-state index contributed by atoms with van der Waals surface area (Å²) in [5.74, 6) is 0. The van der Waals surface area contributed by atoms with E-state index in [1.165, 1.54) is 24.0 Å². The molecule has 21 heavy (non-hydrogen) atoms. The SMILES string of the molecule is CCON=C1CCCc2ccccc21.O=S1(=O)N=CC=N1. The second-order valence-corrected chi connectivity index (χ2v) is 5.74. The first-order chi connectivity index (χ1) is 10.1. The lowest BCUT2D eigenvalue weighted by molar-refractivity contribution is 0.158. The third-order valence-electron chi connectivity index (χ3n) is 2.95. The van der Waals surface area contributed by atoms with Gasteiger partial charge >= 0.3 is 10.2 Å². The molecule has 2 aliphatic rings. The van der Waals surface area contributed by atoms with Crippen LogP contribution in [0.3, 0.4) is 0 Å². The molecule has 1 heterocycles. The summed E-state index contributed by atoms with van der Waals surface area (Å²) < 4.78 is 26.1. The number of nitrogens with zero attached hydrogens (tertiary/aromatic N) is 3. The lowest BCUT2D eigenvalue weighted by atomic mass is 9.90. The van der Waals surface area contributed by atoms with Crippen molar-refractivity contribution in [3.8, 4) is 0 Å². The van der Waals surface area contributed by atoms with E-state index in [4.69, 9.17) is 4.84 Å². The molecule has 0 amide bonds. The Morgan fingerprint density at radius 1 is 1.19 bits per heavy atom. The Hall–Kier alpha value is -2.02.